The van der Waals surface area contributed by atoms with Crippen molar-refractivity contribution in [3.63, 3.8) is 0 Å². The van der Waals surface area contributed by atoms with Gasteiger partial charge in [-0.2, -0.15) is 0 Å². The van der Waals surface area contributed by atoms with Crippen molar-refractivity contribution >= 4 is 13.5 Å². The molecule has 0 bridgehead atoms. The first-order valence-electron chi connectivity index (χ1n) is 7.67. The van der Waals surface area contributed by atoms with E-state index in [1.165, 1.54) is 36.6 Å². The van der Waals surface area contributed by atoms with E-state index in [1.807, 2.05) is 0 Å². The Morgan fingerprint density at radius 2 is 1.74 bits per heavy atom. The van der Waals surface area contributed by atoms with Gasteiger partial charge in [0, 0.05) is 6.42 Å². The zero-order valence-corrected chi connectivity index (χ0v) is 13.1. The topological polar surface area (TPSA) is 9.23 Å². The van der Waals surface area contributed by atoms with Crippen LogP contribution in [-0.4, -0.2) is 8.32 Å². The van der Waals surface area contributed by atoms with Gasteiger partial charge in [0.2, 0.25) is 0 Å². The molecular formula is C17H24OSi. The van der Waals surface area contributed by atoms with Crippen LogP contribution in [0.15, 0.2) is 42.2 Å². The SMILES string of the molecule is CC1CCC(C)[Si]1(OC1=CCCC1)c1ccccc1. The summed E-state index contributed by atoms with van der Waals surface area (Å²) >= 11 is 0. The number of hydrogen-bond donors (Lipinski definition) is 0. The maximum absolute atomic E-state index is 6.77. The highest BCUT2D eigenvalue weighted by molar-refractivity contribution is 6.89. The first-order valence-corrected chi connectivity index (χ1v) is 9.73. The second-order valence-electron chi connectivity index (χ2n) is 6.20. The molecule has 0 saturated carbocycles. The molecular weight excluding hydrogens is 248 g/mol. The minimum absolute atomic E-state index is 0.728. The van der Waals surface area contributed by atoms with Crippen LogP contribution in [0.25, 0.3) is 0 Å². The molecule has 19 heavy (non-hydrogen) atoms. The van der Waals surface area contributed by atoms with Gasteiger partial charge in [0.05, 0.1) is 5.76 Å². The molecule has 1 aliphatic carbocycles. The first kappa shape index (κ1) is 13.0. The van der Waals surface area contributed by atoms with Crippen molar-refractivity contribution in [1.82, 2.24) is 0 Å². The van der Waals surface area contributed by atoms with Crippen molar-refractivity contribution in [1.29, 1.82) is 0 Å². The zero-order valence-electron chi connectivity index (χ0n) is 12.1. The third-order valence-electron chi connectivity index (χ3n) is 5.02. The summed E-state index contributed by atoms with van der Waals surface area (Å²) in [4.78, 5) is 0. The first-order chi connectivity index (χ1) is 9.23. The fourth-order valence-electron chi connectivity index (χ4n) is 3.89. The summed E-state index contributed by atoms with van der Waals surface area (Å²) in [5.41, 5.74) is 1.46. The van der Waals surface area contributed by atoms with E-state index in [9.17, 15) is 0 Å². The van der Waals surface area contributed by atoms with Crippen LogP contribution in [0.5, 0.6) is 0 Å². The summed E-state index contributed by atoms with van der Waals surface area (Å²) in [6, 6.07) is 11.1. The smallest absolute Gasteiger partial charge is 0.287 e. The molecule has 0 aromatic heterocycles. The molecule has 1 aromatic rings. The lowest BCUT2D eigenvalue weighted by Gasteiger charge is -2.36. The average Bonchev–Trinajstić information content (AvgIpc) is 3.04. The fraction of sp³-hybridized carbons (Fsp3) is 0.529. The molecule has 1 aromatic carbocycles. The van der Waals surface area contributed by atoms with E-state index in [2.05, 4.69) is 50.3 Å². The van der Waals surface area contributed by atoms with E-state index in [4.69, 9.17) is 4.43 Å². The highest BCUT2D eigenvalue weighted by Gasteiger charge is 2.53. The predicted molar refractivity (Wildman–Crippen MR) is 82.9 cm³/mol. The van der Waals surface area contributed by atoms with E-state index in [0.29, 0.717) is 0 Å². The van der Waals surface area contributed by atoms with Crippen molar-refractivity contribution in [2.75, 3.05) is 0 Å². The number of hydrogen-bond acceptors (Lipinski definition) is 1. The van der Waals surface area contributed by atoms with Gasteiger partial charge in [-0.05, 0) is 48.0 Å². The van der Waals surface area contributed by atoms with Gasteiger partial charge in [-0.25, -0.2) is 0 Å². The highest BCUT2D eigenvalue weighted by Crippen LogP contribution is 2.48. The van der Waals surface area contributed by atoms with E-state index in [0.717, 1.165) is 17.5 Å². The molecule has 2 atom stereocenters. The van der Waals surface area contributed by atoms with Gasteiger partial charge >= 0.3 is 0 Å². The van der Waals surface area contributed by atoms with Crippen LogP contribution < -0.4 is 5.19 Å². The number of allylic oxidation sites excluding steroid dienone is 2. The number of rotatable bonds is 3. The lowest BCUT2D eigenvalue weighted by Crippen LogP contribution is -2.53. The monoisotopic (exact) mass is 272 g/mol. The van der Waals surface area contributed by atoms with Gasteiger partial charge in [-0.1, -0.05) is 44.2 Å². The molecule has 1 heterocycles. The largest absolute Gasteiger partial charge is 0.542 e. The molecule has 0 radical (unpaired) electrons. The maximum atomic E-state index is 6.77. The van der Waals surface area contributed by atoms with Crippen molar-refractivity contribution in [2.24, 2.45) is 0 Å². The Labute approximate surface area is 117 Å². The van der Waals surface area contributed by atoms with Crippen LogP contribution in [0.2, 0.25) is 11.1 Å². The van der Waals surface area contributed by atoms with Gasteiger partial charge in [-0.3, -0.25) is 0 Å². The third-order valence-corrected chi connectivity index (χ3v) is 10.4. The molecule has 0 spiro atoms. The van der Waals surface area contributed by atoms with E-state index >= 15 is 0 Å². The summed E-state index contributed by atoms with van der Waals surface area (Å²) < 4.78 is 6.77. The second-order valence-corrected chi connectivity index (χ2v) is 10.5. The Hall–Kier alpha value is -1.02. The number of benzene rings is 1. The standard InChI is InChI=1S/C17H24OSi/c1-14-12-13-15(2)19(14,17-10-4-3-5-11-17)18-16-8-6-7-9-16/h3-5,8,10-11,14-15H,6-7,9,12-13H2,1-2H3. The summed E-state index contributed by atoms with van der Waals surface area (Å²) in [6.07, 6.45) is 8.62. The van der Waals surface area contributed by atoms with Crippen molar-refractivity contribution in [3.8, 4) is 0 Å². The maximum Gasteiger partial charge on any atom is 0.287 e. The lowest BCUT2D eigenvalue weighted by molar-refractivity contribution is 0.391. The van der Waals surface area contributed by atoms with Crippen molar-refractivity contribution in [3.05, 3.63) is 42.2 Å². The van der Waals surface area contributed by atoms with Gasteiger partial charge in [-0.15, -0.1) is 0 Å². The Morgan fingerprint density at radius 3 is 2.32 bits per heavy atom. The molecule has 1 fully saturated rings. The summed E-state index contributed by atoms with van der Waals surface area (Å²) in [5, 5.41) is 1.50. The third kappa shape index (κ3) is 2.16. The molecule has 0 amide bonds. The zero-order chi connectivity index (χ0) is 13.3. The predicted octanol–water partition coefficient (Wildman–Crippen LogP) is 4.50. The molecule has 2 heteroatoms. The molecule has 3 rings (SSSR count). The van der Waals surface area contributed by atoms with Gasteiger partial charge in [0.25, 0.3) is 8.32 Å². The van der Waals surface area contributed by atoms with Crippen LogP contribution in [0, 0.1) is 0 Å². The normalized spacial score (nSPS) is 34.3. The van der Waals surface area contributed by atoms with Crippen molar-refractivity contribution < 1.29 is 4.43 Å². The molecule has 1 saturated heterocycles. The van der Waals surface area contributed by atoms with Crippen LogP contribution in [0.4, 0.5) is 0 Å². The quantitative estimate of drug-likeness (QED) is 0.736. The van der Waals surface area contributed by atoms with Crippen molar-refractivity contribution in [2.45, 2.75) is 57.0 Å². The Kier molecular flexibility index (Phi) is 3.53. The lowest BCUT2D eigenvalue weighted by atomic mass is 10.2. The Morgan fingerprint density at radius 1 is 1.05 bits per heavy atom. The molecule has 0 N–H and O–H groups in total. The van der Waals surface area contributed by atoms with Crippen LogP contribution in [0.1, 0.15) is 46.0 Å². The Balaban J connectivity index is 2.00. The molecule has 1 nitrogen and oxygen atoms in total. The summed E-state index contributed by atoms with van der Waals surface area (Å²) in [7, 11) is -1.85. The van der Waals surface area contributed by atoms with Gasteiger partial charge in [0.1, 0.15) is 0 Å². The molecule has 102 valence electrons. The highest BCUT2D eigenvalue weighted by atomic mass is 28.4. The van der Waals surface area contributed by atoms with Gasteiger partial charge in [0.15, 0.2) is 0 Å². The van der Waals surface area contributed by atoms with E-state index < -0.39 is 8.32 Å². The molecule has 2 unspecified atom stereocenters. The summed E-state index contributed by atoms with van der Waals surface area (Å²) in [6.45, 7) is 4.83. The average molecular weight is 272 g/mol. The Bertz CT molecular complexity index is 455. The van der Waals surface area contributed by atoms with E-state index in [-0.39, 0.29) is 0 Å². The van der Waals surface area contributed by atoms with Crippen LogP contribution in [-0.2, 0) is 4.43 Å². The molecule has 1 aliphatic heterocycles. The second kappa shape index (κ2) is 5.16. The van der Waals surface area contributed by atoms with Crippen LogP contribution >= 0.6 is 0 Å². The van der Waals surface area contributed by atoms with E-state index in [1.54, 1.807) is 0 Å². The van der Waals surface area contributed by atoms with Gasteiger partial charge < -0.3 is 4.43 Å². The van der Waals surface area contributed by atoms with Crippen LogP contribution in [0.3, 0.4) is 0 Å². The fourth-order valence-corrected chi connectivity index (χ4v) is 9.05. The minimum Gasteiger partial charge on any atom is -0.542 e. The summed E-state index contributed by atoms with van der Waals surface area (Å²) in [5.74, 6) is 1.29. The molecule has 2 aliphatic rings. The minimum atomic E-state index is -1.85.